The van der Waals surface area contributed by atoms with Gasteiger partial charge in [0, 0.05) is 28.3 Å². The Balaban J connectivity index is 1.15. The van der Waals surface area contributed by atoms with E-state index in [0.29, 0.717) is 57.8 Å². The fourth-order valence-electron chi connectivity index (χ4n) is 7.64. The van der Waals surface area contributed by atoms with Gasteiger partial charge in [-0.3, -0.25) is 19.1 Å². The summed E-state index contributed by atoms with van der Waals surface area (Å²) < 4.78 is 45.5. The third-order valence-electron chi connectivity index (χ3n) is 11.0. The zero-order valence-electron chi connectivity index (χ0n) is 30.8. The number of sulfonamides is 1. The van der Waals surface area contributed by atoms with Gasteiger partial charge >= 0.3 is 6.09 Å². The number of benzene rings is 2. The average Bonchev–Trinajstić information content (AvgIpc) is 4.08. The number of rotatable bonds is 7. The van der Waals surface area contributed by atoms with Crippen LogP contribution in [0, 0.1) is 5.92 Å². The predicted octanol–water partition coefficient (Wildman–Crippen LogP) is 5.43. The Morgan fingerprint density at radius 1 is 1.05 bits per heavy atom. The van der Waals surface area contributed by atoms with E-state index in [1.165, 1.54) is 12.0 Å². The second kappa shape index (κ2) is 15.4. The number of nitrogens with zero attached hydrogens (tertiary/aromatic N) is 3. The van der Waals surface area contributed by atoms with Crippen LogP contribution in [0.2, 0.25) is 10.0 Å². The van der Waals surface area contributed by atoms with Crippen molar-refractivity contribution < 1.29 is 41.5 Å². The number of carbonyl (C=O) groups is 4. The second-order valence-corrected chi connectivity index (χ2v) is 17.7. The third kappa shape index (κ3) is 7.86. The zero-order chi connectivity index (χ0) is 40.1. The van der Waals surface area contributed by atoms with Crippen molar-refractivity contribution in [2.45, 2.75) is 86.8 Å². The van der Waals surface area contributed by atoms with Crippen LogP contribution in [0.1, 0.15) is 57.8 Å². The van der Waals surface area contributed by atoms with Crippen LogP contribution in [0.5, 0.6) is 5.88 Å². The van der Waals surface area contributed by atoms with E-state index in [9.17, 15) is 27.6 Å². The highest BCUT2D eigenvalue weighted by Gasteiger charge is 2.62. The minimum atomic E-state index is -3.93. The molecule has 300 valence electrons. The number of aromatic nitrogens is 2. The van der Waals surface area contributed by atoms with Gasteiger partial charge in [0.05, 0.1) is 23.9 Å². The smallest absolute Gasteiger partial charge is 0.407 e. The number of ether oxygens (including phenoxy) is 2. The molecule has 2 aromatic carbocycles. The molecule has 0 unspecified atom stereocenters. The van der Waals surface area contributed by atoms with Crippen molar-refractivity contribution in [3.8, 4) is 17.3 Å². The lowest BCUT2D eigenvalue weighted by atomic mass is 10.1. The Morgan fingerprint density at radius 2 is 1.86 bits per heavy atom. The molecular weight excluding hydrogens is 799 g/mol. The van der Waals surface area contributed by atoms with Crippen LogP contribution in [0.4, 0.5) is 4.79 Å². The first-order valence-electron chi connectivity index (χ1n) is 18.9. The summed E-state index contributed by atoms with van der Waals surface area (Å²) >= 11 is 12.8. The number of fused-ring (bicyclic) bond motifs is 5. The van der Waals surface area contributed by atoms with Gasteiger partial charge < -0.3 is 29.4 Å². The molecule has 15 nitrogen and oxygen atoms in total. The van der Waals surface area contributed by atoms with E-state index in [1.807, 2.05) is 30.4 Å². The van der Waals surface area contributed by atoms with Crippen molar-refractivity contribution in [1.29, 1.82) is 0 Å². The Morgan fingerprint density at radius 3 is 2.63 bits per heavy atom. The van der Waals surface area contributed by atoms with Crippen molar-refractivity contribution >= 4 is 79.1 Å². The molecule has 18 heteroatoms. The number of hydrogen-bond acceptors (Lipinski definition) is 11. The van der Waals surface area contributed by atoms with Gasteiger partial charge in [-0.05, 0) is 68.9 Å². The Bertz CT molecular complexity index is 2420. The molecule has 0 spiro atoms. The summed E-state index contributed by atoms with van der Waals surface area (Å²) in [5.74, 6) is -2.26. The molecule has 2 aliphatic carbocycles. The van der Waals surface area contributed by atoms with Gasteiger partial charge in [0.15, 0.2) is 5.82 Å². The van der Waals surface area contributed by atoms with Crippen LogP contribution in [0.25, 0.3) is 33.5 Å². The van der Waals surface area contributed by atoms with E-state index in [0.717, 1.165) is 12.8 Å². The quantitative estimate of drug-likeness (QED) is 0.201. The molecule has 4 aromatic rings. The van der Waals surface area contributed by atoms with Gasteiger partial charge in [0.25, 0.3) is 11.8 Å². The summed E-state index contributed by atoms with van der Waals surface area (Å²) in [6, 6.07) is 9.96. The highest BCUT2D eigenvalue weighted by molar-refractivity contribution is 7.91. The van der Waals surface area contributed by atoms with Crippen LogP contribution in [0.3, 0.4) is 0 Å². The fraction of sp³-hybridized carbons (Fsp3) is 0.436. The molecule has 0 radical (unpaired) electrons. The van der Waals surface area contributed by atoms with Crippen molar-refractivity contribution in [3.63, 3.8) is 0 Å². The average molecular weight is 840 g/mol. The maximum Gasteiger partial charge on any atom is 0.407 e. The Kier molecular flexibility index (Phi) is 10.5. The lowest BCUT2D eigenvalue weighted by Crippen LogP contribution is -2.58. The molecule has 0 bridgehead atoms. The van der Waals surface area contributed by atoms with Crippen molar-refractivity contribution in [2.75, 3.05) is 13.7 Å². The van der Waals surface area contributed by atoms with Gasteiger partial charge in [-0.25, -0.2) is 18.2 Å². The highest BCUT2D eigenvalue weighted by Crippen LogP contribution is 2.46. The van der Waals surface area contributed by atoms with E-state index in [2.05, 4.69) is 15.4 Å². The van der Waals surface area contributed by atoms with Crippen molar-refractivity contribution in [2.24, 2.45) is 5.92 Å². The zero-order valence-corrected chi connectivity index (χ0v) is 33.2. The van der Waals surface area contributed by atoms with Crippen molar-refractivity contribution in [1.82, 2.24) is 30.2 Å². The fourth-order valence-corrected chi connectivity index (χ4v) is 9.50. The molecule has 4 amide bonds. The first-order valence-corrected chi connectivity index (χ1v) is 21.2. The van der Waals surface area contributed by atoms with Crippen LogP contribution in [-0.2, 0) is 29.1 Å². The normalized spacial score (nSPS) is 26.1. The monoisotopic (exact) mass is 838 g/mol. The largest absolute Gasteiger partial charge is 0.470 e. The van der Waals surface area contributed by atoms with E-state index in [-0.39, 0.29) is 43.1 Å². The first kappa shape index (κ1) is 38.9. The topological polar surface area (TPSA) is 199 Å². The summed E-state index contributed by atoms with van der Waals surface area (Å²) in [4.78, 5) is 66.0. The maximum atomic E-state index is 14.5. The molecule has 5 atom stereocenters. The summed E-state index contributed by atoms with van der Waals surface area (Å²) in [6.07, 6.45) is 6.18. The molecule has 4 aliphatic rings. The number of amides is 4. The number of nitrogens with one attached hydrogen (secondary N) is 3. The van der Waals surface area contributed by atoms with Crippen LogP contribution in [-0.4, -0.2) is 89.7 Å². The highest BCUT2D eigenvalue weighted by atomic mass is 35.5. The van der Waals surface area contributed by atoms with Gasteiger partial charge in [-0.2, -0.15) is 4.98 Å². The number of carbonyl (C=O) groups excluding carboxylic acids is 4. The Labute approximate surface area is 337 Å². The van der Waals surface area contributed by atoms with Crippen LogP contribution in [0.15, 0.2) is 59.0 Å². The van der Waals surface area contributed by atoms with Crippen LogP contribution < -0.4 is 20.1 Å². The number of halogens is 2. The predicted molar refractivity (Wildman–Crippen MR) is 210 cm³/mol. The second-order valence-electron chi connectivity index (χ2n) is 14.9. The lowest BCUT2D eigenvalue weighted by molar-refractivity contribution is -0.141. The van der Waals surface area contributed by atoms with E-state index >= 15 is 0 Å². The minimum absolute atomic E-state index is 0.0376. The maximum absolute atomic E-state index is 14.5. The standard InChI is InChI=1S/C39H40Cl2N6O9S/c1-54-38(51)42-28-11-6-4-2-3-5-9-21-19-39(21,37(50)46-57(52,53)24-14-15-24)45-34(48)29-18-23(20-47(29)36(28)49)55-35-32-31(26-10-7-8-12-30(26)56-32)43-33(44-35)25-16-13-22(40)17-27(25)41/h5,7-10,12-13,16-17,21,23-24,28-29H,2-4,6,11,14-15,18-20H2,1H3,(H,42,51)(H,45,48)(H,46,50)/b9-5-/t21-,23+,28-,29-,39+/m0/s1. The number of hydrogen-bond donors (Lipinski definition) is 3. The third-order valence-corrected chi connectivity index (χ3v) is 13.3. The molecule has 3 N–H and O–H groups in total. The molecular formula is C39H40Cl2N6O9S. The number of alkyl carbamates (subject to hydrolysis) is 1. The summed E-state index contributed by atoms with van der Waals surface area (Å²) in [6.45, 7) is -0.113. The Hall–Kier alpha value is -4.93. The number of furan rings is 1. The molecule has 1 saturated heterocycles. The van der Waals surface area contributed by atoms with Gasteiger partial charge in [-0.1, -0.05) is 60.3 Å². The molecule has 3 fully saturated rings. The van der Waals surface area contributed by atoms with Gasteiger partial charge in [0.1, 0.15) is 34.8 Å². The number of para-hydroxylation sites is 1. The molecule has 2 aromatic heterocycles. The first-order chi connectivity index (χ1) is 27.4. The molecule has 8 rings (SSSR count). The number of allylic oxidation sites excluding steroid dienone is 1. The lowest BCUT2D eigenvalue weighted by Gasteiger charge is -2.29. The summed E-state index contributed by atoms with van der Waals surface area (Å²) in [5, 5.41) is 6.25. The summed E-state index contributed by atoms with van der Waals surface area (Å²) in [7, 11) is -2.73. The molecule has 57 heavy (non-hydrogen) atoms. The van der Waals surface area contributed by atoms with Gasteiger partial charge in [-0.15, -0.1) is 0 Å². The van der Waals surface area contributed by atoms with Crippen molar-refractivity contribution in [3.05, 3.63) is 64.7 Å². The van der Waals surface area contributed by atoms with E-state index in [1.54, 1.807) is 24.3 Å². The van der Waals surface area contributed by atoms with E-state index < -0.39 is 68.7 Å². The molecule has 4 heterocycles. The molecule has 2 saturated carbocycles. The molecule has 2 aliphatic heterocycles. The SMILES string of the molecule is COC(=O)N[C@H]1CCCCC/C=C\[C@H]2C[C@@]2(C(=O)NS(=O)(=O)C2CC2)NC(=O)[C@@H]2C[C@@H](Oc3nc(-c4ccc(Cl)cc4Cl)nc4c3oc3ccccc34)CN2C1=O. The van der Waals surface area contributed by atoms with Crippen LogP contribution >= 0.6 is 23.2 Å². The van der Waals surface area contributed by atoms with Gasteiger partial charge in [0.2, 0.25) is 27.4 Å². The van der Waals surface area contributed by atoms with E-state index in [4.69, 9.17) is 47.1 Å². The summed E-state index contributed by atoms with van der Waals surface area (Å²) in [5.41, 5.74) is 0.131. The number of methoxy groups -OCH3 is 1. The minimum Gasteiger partial charge on any atom is -0.470 e.